The SMILES string of the molecule is CCc1c(F)ccc2cc(O)cc(N3Cc4nc(OC[C@@]56CCCN5C[C@H](F)C6)nc(N5CCCSCC5)c4C3=O)c12. The summed E-state index contributed by atoms with van der Waals surface area (Å²) in [5.74, 6) is 1.88. The molecule has 3 saturated heterocycles. The van der Waals surface area contributed by atoms with Crippen molar-refractivity contribution in [2.24, 2.45) is 0 Å². The highest BCUT2D eigenvalue weighted by Gasteiger charge is 2.49. The van der Waals surface area contributed by atoms with Crippen LogP contribution in [0.15, 0.2) is 24.3 Å². The van der Waals surface area contributed by atoms with E-state index in [1.54, 1.807) is 17.0 Å². The third-order valence-corrected chi connectivity index (χ3v) is 10.3. The third kappa shape index (κ3) is 4.65. The second-order valence-electron chi connectivity index (χ2n) is 11.8. The second-order valence-corrected chi connectivity index (χ2v) is 13.0. The molecule has 222 valence electrons. The lowest BCUT2D eigenvalue weighted by molar-refractivity contribution is 0.0996. The number of amides is 1. The van der Waals surface area contributed by atoms with Crippen LogP contribution in [0.2, 0.25) is 0 Å². The van der Waals surface area contributed by atoms with Gasteiger partial charge in [-0.2, -0.15) is 21.7 Å². The molecule has 0 unspecified atom stereocenters. The van der Waals surface area contributed by atoms with Crippen LogP contribution in [0.4, 0.5) is 20.3 Å². The van der Waals surface area contributed by atoms with Crippen molar-refractivity contribution in [3.05, 3.63) is 46.9 Å². The summed E-state index contributed by atoms with van der Waals surface area (Å²) in [5.41, 5.74) is 1.56. The molecule has 42 heavy (non-hydrogen) atoms. The Morgan fingerprint density at radius 3 is 2.90 bits per heavy atom. The summed E-state index contributed by atoms with van der Waals surface area (Å²) in [6.45, 7) is 5.12. The Bertz CT molecular complexity index is 1550. The zero-order chi connectivity index (χ0) is 29.0. The molecule has 0 bridgehead atoms. The van der Waals surface area contributed by atoms with Crippen LogP contribution in [0.1, 0.15) is 54.2 Å². The molecule has 2 atom stereocenters. The molecule has 1 aromatic heterocycles. The smallest absolute Gasteiger partial charge is 0.318 e. The van der Waals surface area contributed by atoms with E-state index < -0.39 is 6.17 Å². The maximum absolute atomic E-state index is 14.9. The van der Waals surface area contributed by atoms with Gasteiger partial charge in [0.05, 0.1) is 23.5 Å². The molecule has 7 rings (SSSR count). The largest absolute Gasteiger partial charge is 0.508 e. The van der Waals surface area contributed by atoms with Gasteiger partial charge in [0.1, 0.15) is 35.7 Å². The van der Waals surface area contributed by atoms with Gasteiger partial charge in [0, 0.05) is 43.3 Å². The minimum atomic E-state index is -0.860. The molecule has 8 nitrogen and oxygen atoms in total. The van der Waals surface area contributed by atoms with Crippen molar-refractivity contribution in [1.29, 1.82) is 0 Å². The number of thioether (sulfide) groups is 1. The molecule has 5 heterocycles. The van der Waals surface area contributed by atoms with Crippen LogP contribution in [0, 0.1) is 5.82 Å². The fourth-order valence-electron chi connectivity index (χ4n) is 7.29. The maximum Gasteiger partial charge on any atom is 0.318 e. The first-order valence-corrected chi connectivity index (χ1v) is 16.0. The fraction of sp³-hybridized carbons (Fsp3) is 0.516. The van der Waals surface area contributed by atoms with E-state index >= 15 is 0 Å². The first-order chi connectivity index (χ1) is 20.4. The van der Waals surface area contributed by atoms with Gasteiger partial charge in [-0.15, -0.1) is 0 Å². The Hall–Kier alpha value is -3.18. The number of alkyl halides is 1. The molecule has 0 radical (unpaired) electrons. The number of fused-ring (bicyclic) bond motifs is 3. The van der Waals surface area contributed by atoms with Crippen molar-refractivity contribution in [3.8, 4) is 11.8 Å². The third-order valence-electron chi connectivity index (χ3n) is 9.24. The summed E-state index contributed by atoms with van der Waals surface area (Å²) in [6, 6.07) is 6.34. The van der Waals surface area contributed by atoms with Crippen LogP contribution in [-0.2, 0) is 13.0 Å². The Balaban J connectivity index is 1.29. The molecule has 3 aromatic rings. The molecule has 4 aliphatic heterocycles. The lowest BCUT2D eigenvalue weighted by Gasteiger charge is -2.31. The minimum Gasteiger partial charge on any atom is -0.508 e. The van der Waals surface area contributed by atoms with Gasteiger partial charge < -0.3 is 19.6 Å². The quantitative estimate of drug-likeness (QED) is 0.422. The number of phenolic OH excluding ortho intramolecular Hbond substituents is 1. The highest BCUT2D eigenvalue weighted by molar-refractivity contribution is 7.99. The van der Waals surface area contributed by atoms with E-state index in [9.17, 15) is 18.7 Å². The van der Waals surface area contributed by atoms with E-state index in [0.717, 1.165) is 50.4 Å². The monoisotopic (exact) mass is 595 g/mol. The van der Waals surface area contributed by atoms with E-state index in [4.69, 9.17) is 14.7 Å². The van der Waals surface area contributed by atoms with Crippen LogP contribution in [0.5, 0.6) is 11.8 Å². The van der Waals surface area contributed by atoms with Crippen molar-refractivity contribution in [2.75, 3.05) is 54.1 Å². The Labute approximate surface area is 248 Å². The molecule has 4 aliphatic rings. The number of carbonyl (C=O) groups is 1. The standard InChI is InChI=1S/C31H35F2N5O3S/c1-2-22-23(33)6-5-19-13-21(39)14-25(26(19)22)38-17-24-27(29(38)40)28(36-8-4-11-42-12-10-36)35-30(34-24)41-18-31-7-3-9-37(31)16-20(32)15-31/h5-6,13-14,20,39H,2-4,7-12,15-18H2,1H3/t20-,31+/m1/s1. The number of nitrogens with zero attached hydrogens (tertiary/aromatic N) is 5. The molecule has 2 aromatic carbocycles. The van der Waals surface area contributed by atoms with Gasteiger partial charge in [0.15, 0.2) is 0 Å². The van der Waals surface area contributed by atoms with Gasteiger partial charge in [-0.05, 0) is 61.1 Å². The molecule has 1 amide bonds. The van der Waals surface area contributed by atoms with Gasteiger partial charge in [-0.25, -0.2) is 8.78 Å². The predicted octanol–water partition coefficient (Wildman–Crippen LogP) is 5.10. The molecule has 11 heteroatoms. The molecule has 0 spiro atoms. The van der Waals surface area contributed by atoms with Gasteiger partial charge in [-0.3, -0.25) is 9.69 Å². The lowest BCUT2D eigenvalue weighted by atomic mass is 9.95. The first-order valence-electron chi connectivity index (χ1n) is 14.9. The number of ether oxygens (including phenoxy) is 1. The van der Waals surface area contributed by atoms with Crippen LogP contribution in [-0.4, -0.2) is 81.9 Å². The lowest BCUT2D eigenvalue weighted by Crippen LogP contribution is -2.43. The zero-order valence-electron chi connectivity index (χ0n) is 23.7. The molecular weight excluding hydrogens is 560 g/mol. The van der Waals surface area contributed by atoms with E-state index in [0.29, 0.717) is 65.1 Å². The van der Waals surface area contributed by atoms with Gasteiger partial charge in [0.2, 0.25) is 0 Å². The maximum atomic E-state index is 14.9. The van der Waals surface area contributed by atoms with E-state index in [-0.39, 0.29) is 35.6 Å². The van der Waals surface area contributed by atoms with E-state index in [1.165, 1.54) is 12.1 Å². The van der Waals surface area contributed by atoms with Gasteiger partial charge in [0.25, 0.3) is 5.91 Å². The number of aromatic nitrogens is 2. The number of hydrogen-bond donors (Lipinski definition) is 1. The summed E-state index contributed by atoms with van der Waals surface area (Å²) >= 11 is 1.88. The van der Waals surface area contributed by atoms with Crippen LogP contribution in [0.3, 0.4) is 0 Å². The molecule has 1 N–H and O–H groups in total. The topological polar surface area (TPSA) is 82.0 Å². The Kier molecular flexibility index (Phi) is 7.12. The highest BCUT2D eigenvalue weighted by Crippen LogP contribution is 2.43. The predicted molar refractivity (Wildman–Crippen MR) is 160 cm³/mol. The summed E-state index contributed by atoms with van der Waals surface area (Å²) in [6.07, 6.45) is 2.87. The molecule has 3 fully saturated rings. The molecular formula is C31H35F2N5O3S. The number of carbonyl (C=O) groups excluding carboxylic acids is 1. The van der Waals surface area contributed by atoms with Crippen molar-refractivity contribution >= 4 is 39.9 Å². The number of phenols is 1. The summed E-state index contributed by atoms with van der Waals surface area (Å²) in [7, 11) is 0. The van der Waals surface area contributed by atoms with Crippen LogP contribution in [0.25, 0.3) is 10.8 Å². The number of aryl methyl sites for hydroxylation is 1. The number of hydrogen-bond acceptors (Lipinski definition) is 8. The van der Waals surface area contributed by atoms with Crippen LogP contribution < -0.4 is 14.5 Å². The normalized spacial score (nSPS) is 24.4. The average molecular weight is 596 g/mol. The van der Waals surface area contributed by atoms with Crippen molar-refractivity contribution < 1.29 is 23.4 Å². The highest BCUT2D eigenvalue weighted by atomic mass is 32.2. The van der Waals surface area contributed by atoms with E-state index in [2.05, 4.69) is 9.80 Å². The number of rotatable bonds is 6. The number of halogens is 2. The number of anilines is 2. The fourth-order valence-corrected chi connectivity index (χ4v) is 8.18. The summed E-state index contributed by atoms with van der Waals surface area (Å²) < 4.78 is 35.6. The summed E-state index contributed by atoms with van der Waals surface area (Å²) in [5, 5.41) is 11.9. The number of benzene rings is 2. The molecule has 0 saturated carbocycles. The van der Waals surface area contributed by atoms with Crippen molar-refractivity contribution in [3.63, 3.8) is 0 Å². The van der Waals surface area contributed by atoms with E-state index in [1.807, 2.05) is 18.7 Å². The minimum absolute atomic E-state index is 0.00195. The van der Waals surface area contributed by atoms with Crippen LogP contribution >= 0.6 is 11.8 Å². The number of aromatic hydroxyl groups is 1. The van der Waals surface area contributed by atoms with Gasteiger partial charge in [-0.1, -0.05) is 13.0 Å². The van der Waals surface area contributed by atoms with Crippen molar-refractivity contribution in [1.82, 2.24) is 14.9 Å². The first kappa shape index (κ1) is 27.6. The second kappa shape index (κ2) is 10.8. The Morgan fingerprint density at radius 1 is 1.17 bits per heavy atom. The zero-order valence-corrected chi connectivity index (χ0v) is 24.6. The summed E-state index contributed by atoms with van der Waals surface area (Å²) in [4.78, 5) is 29.7. The average Bonchev–Trinajstić information content (AvgIpc) is 3.51. The molecule has 0 aliphatic carbocycles. The van der Waals surface area contributed by atoms with Gasteiger partial charge >= 0.3 is 6.01 Å². The Morgan fingerprint density at radius 2 is 2.05 bits per heavy atom. The van der Waals surface area contributed by atoms with Crippen molar-refractivity contribution in [2.45, 2.75) is 57.3 Å².